The number of hydrogen-bond donors (Lipinski definition) is 0. The van der Waals surface area contributed by atoms with E-state index in [0.717, 1.165) is 24.3 Å². The summed E-state index contributed by atoms with van der Waals surface area (Å²) >= 11 is 0. The molecule has 8 nitrogen and oxygen atoms in total. The van der Waals surface area contributed by atoms with Gasteiger partial charge in [0.05, 0.1) is 19.0 Å². The van der Waals surface area contributed by atoms with Crippen LogP contribution in [0, 0.1) is 6.92 Å². The van der Waals surface area contributed by atoms with Gasteiger partial charge in [0.15, 0.2) is 0 Å². The number of anilines is 1. The predicted octanol–water partition coefficient (Wildman–Crippen LogP) is 2.41. The highest BCUT2D eigenvalue weighted by atomic mass is 16.5. The van der Waals surface area contributed by atoms with Crippen LogP contribution in [-0.2, 0) is 0 Å². The lowest BCUT2D eigenvalue weighted by Crippen LogP contribution is -2.48. The van der Waals surface area contributed by atoms with Crippen LogP contribution in [0.4, 0.5) is 5.69 Å². The smallest absolute Gasteiger partial charge is 0.253 e. The van der Waals surface area contributed by atoms with Crippen LogP contribution in [0.2, 0.25) is 0 Å². The summed E-state index contributed by atoms with van der Waals surface area (Å²) < 4.78 is 10.1. The van der Waals surface area contributed by atoms with Gasteiger partial charge in [0.25, 0.3) is 5.91 Å². The van der Waals surface area contributed by atoms with Crippen LogP contribution in [0.3, 0.4) is 0 Å². The molecule has 0 bridgehead atoms. The molecule has 0 spiro atoms. The van der Waals surface area contributed by atoms with Crippen molar-refractivity contribution >= 4 is 11.6 Å². The molecule has 3 aromatic rings. The monoisotopic (exact) mass is 379 g/mol. The summed E-state index contributed by atoms with van der Waals surface area (Å²) in [5.74, 6) is 1.59. The number of ether oxygens (including phenoxy) is 1. The Morgan fingerprint density at radius 3 is 2.61 bits per heavy atom. The second-order valence-corrected chi connectivity index (χ2v) is 6.56. The number of piperazine rings is 1. The molecule has 0 atom stereocenters. The fourth-order valence-corrected chi connectivity index (χ4v) is 3.24. The largest absolute Gasteiger partial charge is 0.481 e. The van der Waals surface area contributed by atoms with Crippen LogP contribution in [0.15, 0.2) is 47.1 Å². The van der Waals surface area contributed by atoms with E-state index in [9.17, 15) is 4.79 Å². The molecule has 28 heavy (non-hydrogen) atoms. The lowest BCUT2D eigenvalue weighted by atomic mass is 10.1. The Kier molecular flexibility index (Phi) is 4.92. The number of pyridine rings is 1. The van der Waals surface area contributed by atoms with Crippen LogP contribution in [0.25, 0.3) is 11.4 Å². The highest BCUT2D eigenvalue weighted by molar-refractivity contribution is 5.95. The molecule has 1 aliphatic heterocycles. The topological polar surface area (TPSA) is 84.6 Å². The molecule has 0 saturated carbocycles. The number of nitrogens with zero attached hydrogens (tertiary/aromatic N) is 5. The molecule has 1 fully saturated rings. The van der Waals surface area contributed by atoms with Crippen LogP contribution in [0.1, 0.15) is 16.2 Å². The minimum absolute atomic E-state index is 0.00886. The number of hydrogen-bond acceptors (Lipinski definition) is 7. The fraction of sp³-hybridized carbons (Fsp3) is 0.300. The Balaban J connectivity index is 1.42. The minimum atomic E-state index is 0.00886. The molecule has 144 valence electrons. The molecule has 1 aliphatic rings. The second-order valence-electron chi connectivity index (χ2n) is 6.56. The Morgan fingerprint density at radius 2 is 1.96 bits per heavy atom. The molecular formula is C20H21N5O3. The van der Waals surface area contributed by atoms with Crippen molar-refractivity contribution in [2.24, 2.45) is 0 Å². The Labute approximate surface area is 162 Å². The van der Waals surface area contributed by atoms with E-state index in [0.29, 0.717) is 36.2 Å². The quantitative estimate of drug-likeness (QED) is 0.688. The van der Waals surface area contributed by atoms with E-state index in [2.05, 4.69) is 20.0 Å². The number of aromatic nitrogens is 3. The van der Waals surface area contributed by atoms with E-state index in [-0.39, 0.29) is 5.91 Å². The van der Waals surface area contributed by atoms with Crippen LogP contribution >= 0.6 is 0 Å². The van der Waals surface area contributed by atoms with Gasteiger partial charge >= 0.3 is 0 Å². The maximum atomic E-state index is 12.9. The van der Waals surface area contributed by atoms with Gasteiger partial charge < -0.3 is 19.1 Å². The van der Waals surface area contributed by atoms with Gasteiger partial charge in [-0.1, -0.05) is 17.3 Å². The highest BCUT2D eigenvalue weighted by Crippen LogP contribution is 2.21. The Bertz CT molecular complexity index is 962. The third-order valence-electron chi connectivity index (χ3n) is 4.76. The molecule has 1 amide bonds. The molecule has 1 saturated heterocycles. The van der Waals surface area contributed by atoms with Crippen LogP contribution in [0.5, 0.6) is 5.88 Å². The molecule has 8 heteroatoms. The lowest BCUT2D eigenvalue weighted by Gasteiger charge is -2.36. The van der Waals surface area contributed by atoms with Crippen molar-refractivity contribution in [3.05, 3.63) is 54.0 Å². The van der Waals surface area contributed by atoms with E-state index >= 15 is 0 Å². The predicted molar refractivity (Wildman–Crippen MR) is 103 cm³/mol. The average molecular weight is 379 g/mol. The van der Waals surface area contributed by atoms with Crippen molar-refractivity contribution in [2.45, 2.75) is 6.92 Å². The third kappa shape index (κ3) is 3.66. The van der Waals surface area contributed by atoms with Gasteiger partial charge in [0.2, 0.25) is 17.6 Å². The molecule has 3 heterocycles. The van der Waals surface area contributed by atoms with Gasteiger partial charge in [0, 0.05) is 50.3 Å². The van der Waals surface area contributed by atoms with Crippen LogP contribution in [-0.4, -0.2) is 59.2 Å². The number of methoxy groups -OCH3 is 1. The van der Waals surface area contributed by atoms with Gasteiger partial charge in [-0.25, -0.2) is 4.98 Å². The first kappa shape index (κ1) is 18.0. The van der Waals surface area contributed by atoms with Crippen molar-refractivity contribution in [3.8, 4) is 17.3 Å². The van der Waals surface area contributed by atoms with Crippen molar-refractivity contribution < 1.29 is 14.1 Å². The van der Waals surface area contributed by atoms with E-state index < -0.39 is 0 Å². The summed E-state index contributed by atoms with van der Waals surface area (Å²) in [6.45, 7) is 4.54. The van der Waals surface area contributed by atoms with E-state index in [4.69, 9.17) is 9.26 Å². The maximum absolute atomic E-state index is 12.9. The summed E-state index contributed by atoms with van der Waals surface area (Å²) in [4.78, 5) is 25.5. The first-order valence-electron chi connectivity index (χ1n) is 9.09. The van der Waals surface area contributed by atoms with Crippen molar-refractivity contribution in [2.75, 3.05) is 38.2 Å². The molecular weight excluding hydrogens is 358 g/mol. The summed E-state index contributed by atoms with van der Waals surface area (Å²) in [5.41, 5.74) is 2.42. The van der Waals surface area contributed by atoms with Crippen molar-refractivity contribution in [1.82, 2.24) is 20.0 Å². The number of amides is 1. The van der Waals surface area contributed by atoms with E-state index in [1.54, 1.807) is 20.2 Å². The zero-order chi connectivity index (χ0) is 19.5. The number of carbonyl (C=O) groups excluding carboxylic acids is 1. The molecule has 0 radical (unpaired) electrons. The van der Waals surface area contributed by atoms with Gasteiger partial charge in [-0.3, -0.25) is 4.79 Å². The first-order chi connectivity index (χ1) is 13.6. The van der Waals surface area contributed by atoms with E-state index in [1.165, 1.54) is 0 Å². The molecule has 0 aliphatic carbocycles. The van der Waals surface area contributed by atoms with Crippen molar-refractivity contribution in [3.63, 3.8) is 0 Å². The van der Waals surface area contributed by atoms with Crippen molar-refractivity contribution in [1.29, 1.82) is 0 Å². The van der Waals surface area contributed by atoms with E-state index in [1.807, 2.05) is 41.3 Å². The Morgan fingerprint density at radius 1 is 1.14 bits per heavy atom. The molecule has 1 aromatic carbocycles. The average Bonchev–Trinajstić information content (AvgIpc) is 3.20. The zero-order valence-corrected chi connectivity index (χ0v) is 15.8. The number of rotatable bonds is 4. The van der Waals surface area contributed by atoms with Crippen LogP contribution < -0.4 is 9.64 Å². The molecule has 2 aromatic heterocycles. The standard InChI is InChI=1S/C20H21N5O3/c1-14-22-19(23-28-14)15-4-3-5-16(12-15)20(26)25-10-8-24(9-11-25)17-6-7-18(27-2)21-13-17/h3-7,12-13H,8-11H2,1-2H3. The zero-order valence-electron chi connectivity index (χ0n) is 15.8. The number of benzene rings is 1. The van der Waals surface area contributed by atoms with Gasteiger partial charge in [-0.05, 0) is 18.2 Å². The first-order valence-corrected chi connectivity index (χ1v) is 9.09. The summed E-state index contributed by atoms with van der Waals surface area (Å²) in [6, 6.07) is 11.2. The minimum Gasteiger partial charge on any atom is -0.481 e. The number of aryl methyl sites for hydroxylation is 1. The van der Waals surface area contributed by atoms with Gasteiger partial charge in [0.1, 0.15) is 0 Å². The van der Waals surface area contributed by atoms with Gasteiger partial charge in [-0.15, -0.1) is 0 Å². The Hall–Kier alpha value is -3.42. The SMILES string of the molecule is COc1ccc(N2CCN(C(=O)c3cccc(-c4noc(C)n4)c3)CC2)cn1. The lowest BCUT2D eigenvalue weighted by molar-refractivity contribution is 0.0747. The summed E-state index contributed by atoms with van der Waals surface area (Å²) in [6.07, 6.45) is 1.80. The molecule has 0 unspecified atom stereocenters. The number of carbonyl (C=O) groups is 1. The summed E-state index contributed by atoms with van der Waals surface area (Å²) in [5, 5.41) is 3.92. The molecule has 4 rings (SSSR count). The fourth-order valence-electron chi connectivity index (χ4n) is 3.24. The maximum Gasteiger partial charge on any atom is 0.253 e. The van der Waals surface area contributed by atoms with Gasteiger partial charge in [-0.2, -0.15) is 4.98 Å². The highest BCUT2D eigenvalue weighted by Gasteiger charge is 2.23. The third-order valence-corrected chi connectivity index (χ3v) is 4.76. The molecule has 0 N–H and O–H groups in total. The normalized spacial score (nSPS) is 14.2. The second kappa shape index (κ2) is 7.67. The summed E-state index contributed by atoms with van der Waals surface area (Å²) in [7, 11) is 1.60.